The first-order valence-electron chi connectivity index (χ1n) is 47.9. The Balaban J connectivity index is 0.896. The van der Waals surface area contributed by atoms with Crippen LogP contribution in [0, 0.1) is 11.3 Å². The molecule has 2 aliphatic heterocycles. The molecule has 8 nitrogen and oxygen atoms in total. The molecule has 16 aromatic carbocycles. The smallest absolute Gasteiger partial charge is 0.252 e. The summed E-state index contributed by atoms with van der Waals surface area (Å²) in [4.78, 5) is 4.98. The summed E-state index contributed by atoms with van der Waals surface area (Å²) in [7, 11) is 0. The minimum absolute atomic E-state index is 0.0112. The second kappa shape index (κ2) is 27.3. The lowest BCUT2D eigenvalue weighted by molar-refractivity contribution is 0.590. The van der Waals surface area contributed by atoms with E-state index in [0.29, 0.717) is 33.5 Å². The zero-order valence-electron chi connectivity index (χ0n) is 81.6. The minimum Gasteiger partial charge on any atom is -0.452 e. The molecule has 0 aliphatic carbocycles. The van der Waals surface area contributed by atoms with Gasteiger partial charge in [0.05, 0.1) is 83.8 Å². The van der Waals surface area contributed by atoms with Gasteiger partial charge < -0.3 is 32.5 Å². The van der Waals surface area contributed by atoms with Gasteiger partial charge in [0.15, 0.2) is 11.2 Å². The highest BCUT2D eigenvalue weighted by molar-refractivity contribution is 7.00. The molecule has 0 spiro atoms. The number of hydrogen-bond donors (Lipinski definition) is 0. The Labute approximate surface area is 747 Å². The number of nitrogens with zero attached hydrogens (tertiary/aromatic N) is 7. The predicted octanol–water partition coefficient (Wildman–Crippen LogP) is 29.8. The molecule has 0 N–H and O–H groups in total. The Kier molecular flexibility index (Phi) is 14.8. The van der Waals surface area contributed by atoms with Crippen LogP contribution in [0.2, 0.25) is 0 Å². The van der Waals surface area contributed by atoms with Crippen molar-refractivity contribution >= 4 is 166 Å². The molecule has 9 heteroatoms. The van der Waals surface area contributed by atoms with E-state index in [1.165, 1.54) is 27.8 Å². The van der Waals surface area contributed by atoms with Gasteiger partial charge in [0.2, 0.25) is 0 Å². The van der Waals surface area contributed by atoms with Crippen LogP contribution in [0.5, 0.6) is 0 Å². The van der Waals surface area contributed by atoms with E-state index in [1.807, 2.05) is 30.3 Å². The molecular formula is C117H98BN7O. The first-order chi connectivity index (χ1) is 63.9. The van der Waals surface area contributed by atoms with Crippen molar-refractivity contribution in [2.75, 3.05) is 9.80 Å². The number of rotatable bonds is 8. The van der Waals surface area contributed by atoms with Gasteiger partial charge in [-0.3, -0.25) is 0 Å². The lowest BCUT2D eigenvalue weighted by atomic mass is 9.33. The van der Waals surface area contributed by atoms with E-state index >= 15 is 0 Å². The number of benzene rings is 16. The third-order valence-electron chi connectivity index (χ3n) is 26.9. The van der Waals surface area contributed by atoms with Crippen LogP contribution in [0.3, 0.4) is 0 Å². The topological polar surface area (TPSA) is 63.1 Å². The molecule has 23 rings (SSSR count). The molecule has 0 radical (unpaired) electrons. The van der Waals surface area contributed by atoms with Gasteiger partial charge in [-0.2, -0.15) is 5.26 Å². The van der Waals surface area contributed by atoms with E-state index in [1.54, 1.807) is 4.57 Å². The van der Waals surface area contributed by atoms with Crippen molar-refractivity contribution in [3.8, 4) is 51.1 Å². The van der Waals surface area contributed by atoms with Gasteiger partial charge in [0.1, 0.15) is 0 Å². The first-order valence-corrected chi connectivity index (χ1v) is 43.9. The van der Waals surface area contributed by atoms with E-state index in [-0.39, 0.29) is 48.9 Å². The summed E-state index contributed by atoms with van der Waals surface area (Å²) < 4.78 is 92.1. The molecule has 5 aromatic heterocycles. The highest BCUT2D eigenvalue weighted by Gasteiger charge is 2.46. The number of hydrogen-bond acceptors (Lipinski definition) is 4. The lowest BCUT2D eigenvalue weighted by Gasteiger charge is -2.44. The van der Waals surface area contributed by atoms with Crippen molar-refractivity contribution in [3.63, 3.8) is 0 Å². The second-order valence-corrected chi connectivity index (χ2v) is 39.9. The third-order valence-corrected chi connectivity index (χ3v) is 26.9. The zero-order valence-corrected chi connectivity index (χ0v) is 73.6. The van der Waals surface area contributed by atoms with Crippen molar-refractivity contribution < 1.29 is 15.4 Å². The van der Waals surface area contributed by atoms with Gasteiger partial charge in [-0.25, -0.2) is 0 Å². The van der Waals surface area contributed by atoms with Crippen LogP contribution in [0.1, 0.15) is 148 Å². The number of fused-ring (bicyclic) bond motifs is 19. The van der Waals surface area contributed by atoms with Gasteiger partial charge in [-0.05, 0) is 251 Å². The predicted molar refractivity (Wildman–Crippen MR) is 534 cm³/mol. The summed E-state index contributed by atoms with van der Waals surface area (Å²) in [6.07, 6.45) is 0. The molecule has 7 heterocycles. The van der Waals surface area contributed by atoms with Crippen LogP contribution in [-0.4, -0.2) is 25.0 Å². The maximum Gasteiger partial charge on any atom is 0.252 e. The molecule has 0 saturated carbocycles. The van der Waals surface area contributed by atoms with E-state index in [4.69, 9.17) is 7.16 Å². The Hall–Kier alpha value is -14.3. The van der Waals surface area contributed by atoms with E-state index in [0.717, 1.165) is 155 Å². The molecule has 0 bridgehead atoms. The Bertz CT molecular complexity index is 8510. The van der Waals surface area contributed by atoms with Crippen LogP contribution >= 0.6 is 0 Å². The van der Waals surface area contributed by atoms with Crippen LogP contribution in [0.25, 0.3) is 154 Å². The summed E-state index contributed by atoms with van der Waals surface area (Å²) in [5, 5.41) is 18.6. The van der Waals surface area contributed by atoms with Crippen molar-refractivity contribution in [3.05, 3.63) is 355 Å². The number of para-hydroxylation sites is 4. The Morgan fingerprint density at radius 1 is 0.270 bits per heavy atom. The van der Waals surface area contributed by atoms with Crippen molar-refractivity contribution in [1.29, 1.82) is 5.26 Å². The lowest BCUT2D eigenvalue weighted by Crippen LogP contribution is -2.61. The number of aromatic nitrogens is 4. The fourth-order valence-corrected chi connectivity index (χ4v) is 20.3. The standard InChI is InChI=1S/C117H98BN7O/c1-113(2,3)75-41-51-99-89(60-75)88-56-70(69-119)40-50-98(88)120(99)80-46-48-94-106(65-80)123(82-58-73(71-28-18-16-19-29-71)57-74(59-82)72-30-20-17-21-31-72)108-67-83(122-102-54-44-78(116(10,11)12)63-92(102)93-64-79(117(13,14)15)45-55-103(93)122)68-109-110(108)118(94)95-49-47-81(121-100-52-42-76(114(4,5)6)61-90(100)91-62-77(115(7,8)9)43-53-101(91)121)66-107(95)125(109)105-39-27-35-87-86-34-26-38-104(111(86)126-112(87)105)124-96-36-24-22-32-84(96)85-33-23-25-37-97(85)124/h16-68H,1-15H3/i22D,23D,24D,25D,32D,33D,36D,37D. The highest BCUT2D eigenvalue weighted by Crippen LogP contribution is 2.53. The Morgan fingerprint density at radius 3 is 1.06 bits per heavy atom. The van der Waals surface area contributed by atoms with Crippen LogP contribution in [-0.2, 0) is 27.1 Å². The monoisotopic (exact) mass is 1640 g/mol. The summed E-state index contributed by atoms with van der Waals surface area (Å²) in [5.41, 5.74) is 28.1. The largest absolute Gasteiger partial charge is 0.452 e. The third kappa shape index (κ3) is 11.8. The number of furan rings is 1. The molecule has 610 valence electrons. The van der Waals surface area contributed by atoms with E-state index in [9.17, 15) is 13.5 Å². The van der Waals surface area contributed by atoms with Crippen molar-refractivity contribution in [2.24, 2.45) is 0 Å². The van der Waals surface area contributed by atoms with Gasteiger partial charge in [0, 0.05) is 93.7 Å². The van der Waals surface area contributed by atoms with Crippen molar-refractivity contribution in [1.82, 2.24) is 18.3 Å². The normalized spacial score (nSPS) is 14.2. The molecule has 126 heavy (non-hydrogen) atoms. The average molecular weight is 1640 g/mol. The van der Waals surface area contributed by atoms with Gasteiger partial charge in [-0.15, -0.1) is 0 Å². The van der Waals surface area contributed by atoms with E-state index in [2.05, 4.69) is 376 Å². The molecule has 0 atom stereocenters. The molecule has 0 unspecified atom stereocenters. The fourth-order valence-electron chi connectivity index (χ4n) is 20.3. The quantitative estimate of drug-likeness (QED) is 0.142. The molecule has 0 fully saturated rings. The van der Waals surface area contributed by atoms with Crippen LogP contribution < -0.4 is 26.2 Å². The second-order valence-electron chi connectivity index (χ2n) is 39.9. The maximum absolute atomic E-state index is 10.7. The summed E-state index contributed by atoms with van der Waals surface area (Å²) >= 11 is 0. The summed E-state index contributed by atoms with van der Waals surface area (Å²) in [5.74, 6) is 0. The molecule has 21 aromatic rings. The number of anilines is 6. The molecule has 2 aliphatic rings. The molecular weight excluding hydrogens is 1530 g/mol. The minimum atomic E-state index is -0.524. The van der Waals surface area contributed by atoms with E-state index < -0.39 is 55.1 Å². The van der Waals surface area contributed by atoms with Crippen molar-refractivity contribution in [2.45, 2.75) is 131 Å². The van der Waals surface area contributed by atoms with Crippen LogP contribution in [0.4, 0.5) is 34.1 Å². The fraction of sp³-hybridized carbons (Fsp3) is 0.171. The van der Waals surface area contributed by atoms with Gasteiger partial charge in [-0.1, -0.05) is 268 Å². The summed E-state index contributed by atoms with van der Waals surface area (Å²) in [6.45, 7) is 33.6. The van der Waals surface area contributed by atoms with Gasteiger partial charge in [0.25, 0.3) is 6.71 Å². The molecule has 0 saturated heterocycles. The Morgan fingerprint density at radius 2 is 0.635 bits per heavy atom. The average Bonchev–Trinajstić information content (AvgIpc) is 0.815. The number of nitriles is 1. The SMILES string of the molecule is [2H]c1c([2H])c([2H])c2c(c1[2H])c1c([2H])c([2H])c([2H])c([2H])c1n2-c1cccc2c1oc1c(N3c4cc(-n5c6ccc(C(C)(C)C)cc6c6cc(C(C)(C)C)ccc65)ccc4B4c5ccc(-n6c7ccc(C#N)cc7c7cc(C(C)(C)C)ccc76)cc5N(c5cc(-c6ccccc6)cc(-c6ccccc6)c5)c5cc(-n6c7ccc(C(C)(C)C)cc7c7cc(C(C)(C)C)ccc76)cc3c54)cccc12. The zero-order chi connectivity index (χ0) is 93.2. The summed E-state index contributed by atoms with van der Waals surface area (Å²) in [6, 6.07) is 99.2. The first kappa shape index (κ1) is 68.2. The maximum atomic E-state index is 10.7. The van der Waals surface area contributed by atoms with Gasteiger partial charge >= 0.3 is 0 Å². The molecule has 0 amide bonds. The van der Waals surface area contributed by atoms with Crippen LogP contribution in [0.15, 0.2) is 326 Å². The highest BCUT2D eigenvalue weighted by atomic mass is 16.3.